The first-order chi connectivity index (χ1) is 15.2. The summed E-state index contributed by atoms with van der Waals surface area (Å²) in [4.78, 5) is 3.04. The van der Waals surface area contributed by atoms with E-state index in [1.165, 1.54) is 0 Å². The predicted octanol–water partition coefficient (Wildman–Crippen LogP) is 8.86. The second kappa shape index (κ2) is 7.85. The number of para-hydroxylation sites is 2. The minimum atomic E-state index is -3.35. The molecule has 0 aliphatic carbocycles. The Balaban J connectivity index is 1.67. The van der Waals surface area contributed by atoms with E-state index in [1.54, 1.807) is 0 Å². The third kappa shape index (κ3) is 3.91. The summed E-state index contributed by atoms with van der Waals surface area (Å²) in [5.41, 5.74) is 1.96. The maximum Gasteiger partial charge on any atom is 0.411 e. The van der Waals surface area contributed by atoms with Gasteiger partial charge >= 0.3 is 21.4 Å². The molecule has 4 aliphatic heterocycles. The van der Waals surface area contributed by atoms with Gasteiger partial charge in [-0.1, -0.05) is 36.4 Å². The van der Waals surface area contributed by atoms with Crippen LogP contribution < -0.4 is 13.9 Å². The highest BCUT2D eigenvalue weighted by molar-refractivity contribution is 8.17. The Bertz CT molecular complexity index is 1290. The lowest BCUT2D eigenvalue weighted by atomic mass is 10.2. The molecular formula is C16H17Cl4N6O2P4+. The Morgan fingerprint density at radius 1 is 0.812 bits per heavy atom. The van der Waals surface area contributed by atoms with Crippen LogP contribution in [0.15, 0.2) is 62.1 Å². The number of benzene rings is 2. The summed E-state index contributed by atoms with van der Waals surface area (Å²) >= 11 is 27.4. The molecule has 3 bridgehead atoms. The molecule has 1 saturated heterocycles. The molecule has 1 unspecified atom stereocenters. The minimum Gasteiger partial charge on any atom is -0.433 e. The fourth-order valence-corrected chi connectivity index (χ4v) is 24.6. The first kappa shape index (κ1) is 22.7. The third-order valence-electron chi connectivity index (χ3n) is 5.39. The Morgan fingerprint density at radius 2 is 1.38 bits per heavy atom. The molecule has 0 amide bonds. The van der Waals surface area contributed by atoms with Crippen molar-refractivity contribution in [1.29, 1.82) is 0 Å². The minimum absolute atomic E-state index is 0.588. The van der Waals surface area contributed by atoms with Crippen LogP contribution in [0.3, 0.4) is 0 Å². The van der Waals surface area contributed by atoms with Crippen LogP contribution in [-0.2, 0) is 13.1 Å². The average Bonchev–Trinajstić information content (AvgIpc) is 2.95. The number of fused-ring (bicyclic) bond motifs is 2. The Labute approximate surface area is 205 Å². The summed E-state index contributed by atoms with van der Waals surface area (Å²) in [6.45, 7) is -3.94. The smallest absolute Gasteiger partial charge is 0.411 e. The van der Waals surface area contributed by atoms with Gasteiger partial charge in [-0.15, -0.1) is 9.34 Å². The number of rotatable bonds is 0. The molecule has 4 aliphatic rings. The molecule has 170 valence electrons. The average molecular weight is 591 g/mol. The Morgan fingerprint density at radius 3 is 2.00 bits per heavy atom. The molecule has 2 aromatic rings. The summed E-state index contributed by atoms with van der Waals surface area (Å²) in [5, 5.41) is 0. The van der Waals surface area contributed by atoms with Crippen molar-refractivity contribution in [3.63, 3.8) is 0 Å². The largest absolute Gasteiger partial charge is 0.433 e. The molecule has 16 heteroatoms. The van der Waals surface area contributed by atoms with Gasteiger partial charge in [0.15, 0.2) is 0 Å². The van der Waals surface area contributed by atoms with E-state index in [-0.39, 0.29) is 0 Å². The molecule has 0 aromatic heterocycles. The normalized spacial score (nSPS) is 35.2. The van der Waals surface area contributed by atoms with Crippen molar-refractivity contribution in [1.82, 2.24) is 14.2 Å². The highest BCUT2D eigenvalue weighted by Gasteiger charge is 2.64. The fraction of sp³-hybridized carbons (Fsp3) is 0.250. The Kier molecular flexibility index (Phi) is 5.56. The highest BCUT2D eigenvalue weighted by atomic mass is 35.9. The second-order valence-electron chi connectivity index (χ2n) is 7.54. The molecule has 4 heterocycles. The summed E-state index contributed by atoms with van der Waals surface area (Å²) in [6, 6.07) is 15.5. The SMILES string of the molecule is ClP1(Cl)=N[P@@]2(Cl)=N[P+]34N=[P@](Cl)(N1)Oc1ccccc1CN3CCN4Cc1ccccc1O2. The van der Waals surface area contributed by atoms with Gasteiger partial charge in [-0.2, -0.15) is 9.37 Å². The topological polar surface area (TPSA) is 74.1 Å². The van der Waals surface area contributed by atoms with E-state index in [9.17, 15) is 0 Å². The van der Waals surface area contributed by atoms with E-state index in [4.69, 9.17) is 63.0 Å². The van der Waals surface area contributed by atoms with E-state index < -0.39 is 27.3 Å². The van der Waals surface area contributed by atoms with Gasteiger partial charge in [-0.05, 0) is 66.1 Å². The van der Waals surface area contributed by atoms with Crippen LogP contribution in [0.2, 0.25) is 0 Å². The van der Waals surface area contributed by atoms with Gasteiger partial charge in [-0.3, -0.25) is 0 Å². The fourth-order valence-electron chi connectivity index (χ4n) is 4.09. The molecule has 6 rings (SSSR count). The highest BCUT2D eigenvalue weighted by Crippen LogP contribution is 2.88. The lowest BCUT2D eigenvalue weighted by molar-refractivity contribution is 0.450. The van der Waals surface area contributed by atoms with E-state index in [0.29, 0.717) is 24.6 Å². The van der Waals surface area contributed by atoms with Crippen LogP contribution in [0.5, 0.6) is 11.5 Å². The van der Waals surface area contributed by atoms with Crippen LogP contribution in [0.25, 0.3) is 0 Å². The molecule has 8 nitrogen and oxygen atoms in total. The molecule has 2 aromatic carbocycles. The maximum absolute atomic E-state index is 7.06. The van der Waals surface area contributed by atoms with Crippen LogP contribution >= 0.6 is 72.3 Å². The number of nitrogens with zero attached hydrogens (tertiary/aromatic N) is 5. The summed E-state index contributed by atoms with van der Waals surface area (Å²) < 4.78 is 31.8. The molecule has 1 fully saturated rings. The molecule has 0 saturated carbocycles. The summed E-state index contributed by atoms with van der Waals surface area (Å²) in [6.07, 6.45) is 0. The molecular weight excluding hydrogens is 574 g/mol. The summed E-state index contributed by atoms with van der Waals surface area (Å²) in [5.74, 6) is -2.03. The predicted molar refractivity (Wildman–Crippen MR) is 136 cm³/mol. The van der Waals surface area contributed by atoms with Gasteiger partial charge in [0.2, 0.25) is 5.91 Å². The van der Waals surface area contributed by atoms with Crippen molar-refractivity contribution in [2.45, 2.75) is 13.1 Å². The van der Waals surface area contributed by atoms with Crippen molar-refractivity contribution >= 4 is 72.3 Å². The van der Waals surface area contributed by atoms with Gasteiger partial charge in [-0.25, -0.2) is 0 Å². The Hall–Kier alpha value is 0.200. The van der Waals surface area contributed by atoms with Crippen LogP contribution in [0.1, 0.15) is 11.1 Å². The second-order valence-corrected chi connectivity index (χ2v) is 22.1. The zero-order valence-electron chi connectivity index (χ0n) is 16.3. The van der Waals surface area contributed by atoms with Crippen LogP contribution in [-0.4, -0.2) is 22.4 Å². The lowest BCUT2D eigenvalue weighted by Gasteiger charge is -2.35. The van der Waals surface area contributed by atoms with Gasteiger partial charge in [0, 0.05) is 11.1 Å². The molecule has 0 radical (unpaired) electrons. The number of hydrogen-bond acceptors (Lipinski definition) is 8. The van der Waals surface area contributed by atoms with Crippen molar-refractivity contribution in [2.75, 3.05) is 13.1 Å². The monoisotopic (exact) mass is 589 g/mol. The zero-order valence-corrected chi connectivity index (χ0v) is 22.9. The standard InChI is InChI=1S/C16H17Cl4N6O2P4/c17-29(18)21-30(19)23-32-24-31(20,22-29)28-16-8-4-2-6-14(16)12-26(32)10-9-25(32)11-13-5-1-3-7-15(13)27-30/h1-8,21H,9-12H2/q+1/t30-,31-,32?/m0/s1. The van der Waals surface area contributed by atoms with Gasteiger partial charge in [0.1, 0.15) is 11.5 Å². The van der Waals surface area contributed by atoms with Crippen molar-refractivity contribution < 1.29 is 9.05 Å². The van der Waals surface area contributed by atoms with Crippen LogP contribution in [0.4, 0.5) is 0 Å². The first-order valence-electron chi connectivity index (χ1n) is 9.62. The van der Waals surface area contributed by atoms with Crippen molar-refractivity contribution in [3.05, 3.63) is 59.7 Å². The molecule has 1 N–H and O–H groups in total. The van der Waals surface area contributed by atoms with E-state index in [2.05, 4.69) is 18.7 Å². The maximum atomic E-state index is 7.06. The van der Waals surface area contributed by atoms with E-state index >= 15 is 0 Å². The first-order valence-corrected chi connectivity index (χ1v) is 19.9. The van der Waals surface area contributed by atoms with E-state index in [0.717, 1.165) is 24.2 Å². The van der Waals surface area contributed by atoms with E-state index in [1.807, 2.05) is 48.5 Å². The summed E-state index contributed by atoms with van der Waals surface area (Å²) in [7, 11) is -2.83. The molecule has 3 atom stereocenters. The van der Waals surface area contributed by atoms with Crippen LogP contribution in [0, 0.1) is 0 Å². The third-order valence-corrected chi connectivity index (χ3v) is 21.4. The lowest BCUT2D eigenvalue weighted by Crippen LogP contribution is -2.25. The number of hydrogen-bond donors (Lipinski definition) is 1. The van der Waals surface area contributed by atoms with Gasteiger partial charge in [0.05, 0.1) is 26.2 Å². The van der Waals surface area contributed by atoms with Gasteiger partial charge in [0.25, 0.3) is 0 Å². The number of nitrogens with one attached hydrogen (secondary N) is 1. The van der Waals surface area contributed by atoms with Gasteiger partial charge < -0.3 is 9.05 Å². The zero-order chi connectivity index (χ0) is 22.2. The quantitative estimate of drug-likeness (QED) is 0.310. The number of halogens is 4. The molecule has 32 heavy (non-hydrogen) atoms. The van der Waals surface area contributed by atoms with Crippen molar-refractivity contribution in [2.24, 2.45) is 13.5 Å². The van der Waals surface area contributed by atoms with Crippen molar-refractivity contribution in [3.8, 4) is 11.5 Å². The molecule has 1 spiro atoms.